The van der Waals surface area contributed by atoms with Gasteiger partial charge in [0, 0.05) is 0 Å². The third-order valence-corrected chi connectivity index (χ3v) is 4.68. The molecule has 2 rings (SSSR count). The summed E-state index contributed by atoms with van der Waals surface area (Å²) in [5.74, 6) is 0. The fraction of sp³-hybridized carbons (Fsp3) is 0.647. The van der Waals surface area contributed by atoms with Gasteiger partial charge in [-0.05, 0) is 35.8 Å². The van der Waals surface area contributed by atoms with E-state index in [9.17, 15) is 5.11 Å². The first-order valence-electron chi connectivity index (χ1n) is 7.31. The van der Waals surface area contributed by atoms with Gasteiger partial charge in [-0.2, -0.15) is 0 Å². The molecule has 1 nitrogen and oxygen atoms in total. The van der Waals surface area contributed by atoms with E-state index in [1.165, 1.54) is 18.4 Å². The van der Waals surface area contributed by atoms with Gasteiger partial charge in [-0.15, -0.1) is 0 Å². The van der Waals surface area contributed by atoms with Crippen LogP contribution in [0.15, 0.2) is 24.3 Å². The lowest BCUT2D eigenvalue weighted by Crippen LogP contribution is -2.44. The van der Waals surface area contributed by atoms with Crippen molar-refractivity contribution in [2.45, 2.75) is 64.9 Å². The lowest BCUT2D eigenvalue weighted by Gasteiger charge is -2.47. The third-order valence-electron chi connectivity index (χ3n) is 4.68. The first kappa shape index (κ1) is 13.6. The predicted molar refractivity (Wildman–Crippen MR) is 76.6 cm³/mol. The predicted octanol–water partition coefficient (Wildman–Crippen LogP) is 4.43. The Hall–Kier alpha value is -0.820. The van der Waals surface area contributed by atoms with Gasteiger partial charge in [-0.3, -0.25) is 0 Å². The first-order chi connectivity index (χ1) is 8.49. The molecular weight excluding hydrogens is 220 g/mol. The zero-order valence-corrected chi connectivity index (χ0v) is 12.0. The van der Waals surface area contributed by atoms with E-state index in [2.05, 4.69) is 45.0 Å². The Morgan fingerprint density at radius 3 is 2.22 bits per heavy atom. The van der Waals surface area contributed by atoms with E-state index in [1.54, 1.807) is 0 Å². The van der Waals surface area contributed by atoms with Gasteiger partial charge in [-0.25, -0.2) is 0 Å². The number of aryl methyl sites for hydroxylation is 1. The smallest absolute Gasteiger partial charge is 0.0947 e. The molecule has 1 aromatic rings. The molecule has 0 aliphatic heterocycles. The van der Waals surface area contributed by atoms with E-state index in [0.717, 1.165) is 31.2 Å². The lowest BCUT2D eigenvalue weighted by atomic mass is 9.62. The van der Waals surface area contributed by atoms with Crippen molar-refractivity contribution in [1.29, 1.82) is 0 Å². The maximum absolute atomic E-state index is 11.1. The second kappa shape index (κ2) is 5.05. The summed E-state index contributed by atoms with van der Waals surface area (Å²) in [5.41, 5.74) is 1.82. The highest BCUT2D eigenvalue weighted by Gasteiger charge is 2.46. The average Bonchev–Trinajstić information content (AvgIpc) is 2.34. The maximum Gasteiger partial charge on any atom is 0.0947 e. The topological polar surface area (TPSA) is 20.2 Å². The number of hydrogen-bond acceptors (Lipinski definition) is 1. The zero-order valence-electron chi connectivity index (χ0n) is 12.0. The summed E-state index contributed by atoms with van der Waals surface area (Å²) < 4.78 is 0. The molecule has 0 bridgehead atoms. The van der Waals surface area contributed by atoms with Crippen LogP contribution in [0.3, 0.4) is 0 Å². The minimum Gasteiger partial charge on any atom is -0.385 e. The van der Waals surface area contributed by atoms with Crippen LogP contribution < -0.4 is 0 Å². The largest absolute Gasteiger partial charge is 0.385 e. The summed E-state index contributed by atoms with van der Waals surface area (Å²) in [5, 5.41) is 11.1. The van der Waals surface area contributed by atoms with Crippen LogP contribution in [-0.4, -0.2) is 5.11 Å². The zero-order chi connectivity index (χ0) is 13.2. The van der Waals surface area contributed by atoms with Crippen LogP contribution >= 0.6 is 0 Å². The van der Waals surface area contributed by atoms with Crippen LogP contribution in [0.1, 0.15) is 64.0 Å². The second-order valence-corrected chi connectivity index (χ2v) is 6.40. The van der Waals surface area contributed by atoms with Crippen LogP contribution in [0.25, 0.3) is 0 Å². The standard InChI is InChI=1S/C17H26O/c1-4-7-14-8-10-15(11-9-14)17(18)13-6-5-12-16(17,2)3/h8-11,18H,4-7,12-13H2,1-3H3. The van der Waals surface area contributed by atoms with E-state index in [-0.39, 0.29) is 5.41 Å². The molecule has 1 atom stereocenters. The first-order valence-corrected chi connectivity index (χ1v) is 7.31. The van der Waals surface area contributed by atoms with Gasteiger partial charge in [0.15, 0.2) is 0 Å². The molecule has 1 saturated carbocycles. The van der Waals surface area contributed by atoms with Gasteiger partial charge >= 0.3 is 0 Å². The highest BCUT2D eigenvalue weighted by atomic mass is 16.3. The molecule has 1 aliphatic rings. The SMILES string of the molecule is CCCc1ccc(C2(O)CCCCC2(C)C)cc1. The van der Waals surface area contributed by atoms with Crippen molar-refractivity contribution in [2.24, 2.45) is 5.41 Å². The Morgan fingerprint density at radius 1 is 1.06 bits per heavy atom. The van der Waals surface area contributed by atoms with Crippen molar-refractivity contribution < 1.29 is 5.11 Å². The molecule has 0 amide bonds. The van der Waals surface area contributed by atoms with E-state index in [1.807, 2.05) is 0 Å². The monoisotopic (exact) mass is 246 g/mol. The fourth-order valence-corrected chi connectivity index (χ4v) is 3.26. The minimum absolute atomic E-state index is 0.0163. The molecular formula is C17H26O. The molecule has 0 heterocycles. The van der Waals surface area contributed by atoms with Crippen molar-refractivity contribution in [3.05, 3.63) is 35.4 Å². The van der Waals surface area contributed by atoms with E-state index in [4.69, 9.17) is 0 Å². The molecule has 0 spiro atoms. The fourth-order valence-electron chi connectivity index (χ4n) is 3.26. The quantitative estimate of drug-likeness (QED) is 0.836. The summed E-state index contributed by atoms with van der Waals surface area (Å²) in [7, 11) is 0. The van der Waals surface area contributed by atoms with Gasteiger partial charge < -0.3 is 5.11 Å². The van der Waals surface area contributed by atoms with Crippen LogP contribution in [-0.2, 0) is 12.0 Å². The van der Waals surface area contributed by atoms with Crippen LogP contribution in [0.5, 0.6) is 0 Å². The van der Waals surface area contributed by atoms with Crippen LogP contribution in [0, 0.1) is 5.41 Å². The van der Waals surface area contributed by atoms with E-state index < -0.39 is 5.60 Å². The molecule has 1 fully saturated rings. The number of rotatable bonds is 3. The average molecular weight is 246 g/mol. The summed E-state index contributed by atoms with van der Waals surface area (Å²) in [4.78, 5) is 0. The molecule has 1 aliphatic carbocycles. The number of benzene rings is 1. The van der Waals surface area contributed by atoms with Crippen molar-refractivity contribution in [2.75, 3.05) is 0 Å². The summed E-state index contributed by atoms with van der Waals surface area (Å²) in [6, 6.07) is 8.64. The van der Waals surface area contributed by atoms with Gasteiger partial charge in [0.25, 0.3) is 0 Å². The maximum atomic E-state index is 11.1. The van der Waals surface area contributed by atoms with Gasteiger partial charge in [0.05, 0.1) is 5.60 Å². The summed E-state index contributed by atoms with van der Waals surface area (Å²) in [6.45, 7) is 6.60. The molecule has 1 unspecified atom stereocenters. The van der Waals surface area contributed by atoms with Crippen LogP contribution in [0.2, 0.25) is 0 Å². The summed E-state index contributed by atoms with van der Waals surface area (Å²) >= 11 is 0. The highest BCUT2D eigenvalue weighted by molar-refractivity contribution is 5.29. The minimum atomic E-state index is -0.643. The Bertz CT molecular complexity index is 391. The molecule has 100 valence electrons. The Morgan fingerprint density at radius 2 is 1.67 bits per heavy atom. The van der Waals surface area contributed by atoms with Crippen molar-refractivity contribution in [3.63, 3.8) is 0 Å². The Labute approximate surface area is 111 Å². The number of aliphatic hydroxyl groups is 1. The molecule has 0 radical (unpaired) electrons. The third kappa shape index (κ3) is 2.33. The van der Waals surface area contributed by atoms with Gasteiger partial charge in [0.1, 0.15) is 0 Å². The molecule has 18 heavy (non-hydrogen) atoms. The highest BCUT2D eigenvalue weighted by Crippen LogP contribution is 2.49. The van der Waals surface area contributed by atoms with Gasteiger partial charge in [-0.1, -0.05) is 64.3 Å². The Kier molecular flexibility index (Phi) is 3.82. The van der Waals surface area contributed by atoms with Crippen molar-refractivity contribution >= 4 is 0 Å². The van der Waals surface area contributed by atoms with E-state index in [0.29, 0.717) is 0 Å². The van der Waals surface area contributed by atoms with E-state index >= 15 is 0 Å². The molecule has 0 saturated heterocycles. The summed E-state index contributed by atoms with van der Waals surface area (Å²) in [6.07, 6.45) is 6.68. The molecule has 1 heteroatoms. The molecule has 1 aromatic carbocycles. The van der Waals surface area contributed by atoms with Crippen LogP contribution in [0.4, 0.5) is 0 Å². The molecule has 1 N–H and O–H groups in total. The normalized spacial score (nSPS) is 27.1. The second-order valence-electron chi connectivity index (χ2n) is 6.40. The Balaban J connectivity index is 2.28. The van der Waals surface area contributed by atoms with Crippen molar-refractivity contribution in [1.82, 2.24) is 0 Å². The van der Waals surface area contributed by atoms with Gasteiger partial charge in [0.2, 0.25) is 0 Å². The lowest BCUT2D eigenvalue weighted by molar-refractivity contribution is -0.103. The van der Waals surface area contributed by atoms with Crippen molar-refractivity contribution in [3.8, 4) is 0 Å². The number of hydrogen-bond donors (Lipinski definition) is 1. The molecule has 0 aromatic heterocycles.